The summed E-state index contributed by atoms with van der Waals surface area (Å²) in [5.41, 5.74) is -1.16. The molecule has 94 valence electrons. The number of halogens is 1. The summed E-state index contributed by atoms with van der Waals surface area (Å²) in [5.74, 6) is -0.975. The molecule has 4 nitrogen and oxygen atoms in total. The van der Waals surface area contributed by atoms with Crippen LogP contribution in [0.3, 0.4) is 0 Å². The van der Waals surface area contributed by atoms with Gasteiger partial charge in [-0.1, -0.05) is 22.6 Å². The van der Waals surface area contributed by atoms with Crippen LogP contribution in [-0.4, -0.2) is 29.6 Å². The van der Waals surface area contributed by atoms with Gasteiger partial charge in [0.25, 0.3) is 0 Å². The number of hydrogen-bond donors (Lipinski definition) is 0. The van der Waals surface area contributed by atoms with E-state index in [1.54, 1.807) is 20.8 Å². The number of esters is 2. The fourth-order valence-corrected chi connectivity index (χ4v) is 1.67. The summed E-state index contributed by atoms with van der Waals surface area (Å²) < 4.78 is 10.8. The van der Waals surface area contributed by atoms with Crippen LogP contribution in [0.2, 0.25) is 0 Å². The maximum Gasteiger partial charge on any atom is 0.323 e. The second-order valence-corrected chi connectivity index (χ2v) is 4.64. The van der Waals surface area contributed by atoms with Gasteiger partial charge in [-0.25, -0.2) is 0 Å². The lowest BCUT2D eigenvalue weighted by molar-refractivity contribution is -0.171. The third kappa shape index (κ3) is 4.27. The number of alkyl halides is 1. The van der Waals surface area contributed by atoms with Crippen LogP contribution in [0.15, 0.2) is 0 Å². The van der Waals surface area contributed by atoms with E-state index in [9.17, 15) is 9.59 Å². The van der Waals surface area contributed by atoms with E-state index >= 15 is 0 Å². The highest BCUT2D eigenvalue weighted by molar-refractivity contribution is 14.1. The van der Waals surface area contributed by atoms with Crippen molar-refractivity contribution in [3.05, 3.63) is 0 Å². The van der Waals surface area contributed by atoms with E-state index in [-0.39, 0.29) is 13.2 Å². The van der Waals surface area contributed by atoms with Crippen molar-refractivity contribution >= 4 is 34.5 Å². The Bertz CT molecular complexity index is 222. The summed E-state index contributed by atoms with van der Waals surface area (Å²) in [6.07, 6.45) is 1.25. The van der Waals surface area contributed by atoms with E-state index in [0.29, 0.717) is 6.42 Å². The van der Waals surface area contributed by atoms with Crippen LogP contribution in [-0.2, 0) is 19.1 Å². The van der Waals surface area contributed by atoms with Gasteiger partial charge >= 0.3 is 11.9 Å². The van der Waals surface area contributed by atoms with Gasteiger partial charge in [-0.05, 0) is 38.0 Å². The lowest BCUT2D eigenvalue weighted by atomic mass is 9.86. The second-order valence-electron chi connectivity index (χ2n) is 3.57. The van der Waals surface area contributed by atoms with Gasteiger partial charge in [0.1, 0.15) is 0 Å². The van der Waals surface area contributed by atoms with E-state index in [4.69, 9.17) is 9.47 Å². The zero-order chi connectivity index (χ0) is 12.6. The Morgan fingerprint density at radius 3 is 1.88 bits per heavy atom. The maximum atomic E-state index is 11.8. The minimum atomic E-state index is -1.16. The van der Waals surface area contributed by atoms with Crippen LogP contribution in [0.4, 0.5) is 0 Å². The molecule has 0 N–H and O–H groups in total. The summed E-state index contributed by atoms with van der Waals surface area (Å²) in [6.45, 7) is 5.59. The van der Waals surface area contributed by atoms with Gasteiger partial charge in [0.05, 0.1) is 13.2 Å². The Labute approximate surface area is 110 Å². The average Bonchev–Trinajstić information content (AvgIpc) is 2.26. The molecule has 0 spiro atoms. The summed E-state index contributed by atoms with van der Waals surface area (Å²) in [5, 5.41) is 0. The van der Waals surface area contributed by atoms with Crippen LogP contribution < -0.4 is 0 Å². The predicted octanol–water partition coefficient (Wildman–Crippen LogP) is 2.33. The molecule has 0 unspecified atom stereocenters. The topological polar surface area (TPSA) is 52.6 Å². The number of ether oxygens (including phenoxy) is 2. The zero-order valence-electron chi connectivity index (χ0n) is 10.0. The molecule has 5 heteroatoms. The molecule has 0 bridgehead atoms. The van der Waals surface area contributed by atoms with Gasteiger partial charge in [0.2, 0.25) is 0 Å². The smallest absolute Gasteiger partial charge is 0.323 e. The Morgan fingerprint density at radius 2 is 1.56 bits per heavy atom. The average molecular weight is 342 g/mol. The third-order valence-corrected chi connectivity index (χ3v) is 3.03. The van der Waals surface area contributed by atoms with Gasteiger partial charge in [-0.3, -0.25) is 9.59 Å². The molecule has 0 amide bonds. The van der Waals surface area contributed by atoms with E-state index in [0.717, 1.165) is 10.8 Å². The van der Waals surface area contributed by atoms with E-state index < -0.39 is 17.4 Å². The van der Waals surface area contributed by atoms with Crippen molar-refractivity contribution in [2.45, 2.75) is 33.6 Å². The first kappa shape index (κ1) is 15.7. The quantitative estimate of drug-likeness (QED) is 0.308. The molecule has 0 fully saturated rings. The first-order chi connectivity index (χ1) is 7.52. The Morgan fingerprint density at radius 1 is 1.12 bits per heavy atom. The van der Waals surface area contributed by atoms with E-state index in [1.165, 1.54) is 0 Å². The normalized spacial score (nSPS) is 11.0. The van der Waals surface area contributed by atoms with Crippen molar-refractivity contribution in [2.24, 2.45) is 5.41 Å². The SMILES string of the molecule is CCOC(=O)C(C)(CCCI)C(=O)OCC. The number of hydrogen-bond acceptors (Lipinski definition) is 4. The van der Waals surface area contributed by atoms with Crippen molar-refractivity contribution < 1.29 is 19.1 Å². The van der Waals surface area contributed by atoms with E-state index in [2.05, 4.69) is 22.6 Å². The van der Waals surface area contributed by atoms with Crippen LogP contribution in [0.5, 0.6) is 0 Å². The molecule has 0 aliphatic heterocycles. The van der Waals surface area contributed by atoms with E-state index in [1.807, 2.05) is 0 Å². The highest BCUT2D eigenvalue weighted by Gasteiger charge is 2.43. The maximum absolute atomic E-state index is 11.8. The van der Waals surface area contributed by atoms with Gasteiger partial charge in [0, 0.05) is 0 Å². The molecule has 0 aromatic rings. The first-order valence-electron chi connectivity index (χ1n) is 5.43. The summed E-state index contributed by atoms with van der Waals surface area (Å²) in [4.78, 5) is 23.5. The fourth-order valence-electron chi connectivity index (χ4n) is 1.29. The molecule has 0 aliphatic rings. The summed E-state index contributed by atoms with van der Waals surface area (Å²) in [6, 6.07) is 0. The van der Waals surface area contributed by atoms with Crippen LogP contribution in [0, 0.1) is 5.41 Å². The summed E-state index contributed by atoms with van der Waals surface area (Å²) >= 11 is 2.21. The molecule has 0 saturated carbocycles. The second kappa shape index (κ2) is 7.86. The monoisotopic (exact) mass is 342 g/mol. The molecule has 0 radical (unpaired) electrons. The number of rotatable bonds is 7. The van der Waals surface area contributed by atoms with Gasteiger partial charge < -0.3 is 9.47 Å². The number of carbonyl (C=O) groups is 2. The molecule has 0 atom stereocenters. The van der Waals surface area contributed by atoms with Gasteiger partial charge in [0.15, 0.2) is 5.41 Å². The highest BCUT2D eigenvalue weighted by atomic mass is 127. The molecule has 0 heterocycles. The highest BCUT2D eigenvalue weighted by Crippen LogP contribution is 2.27. The summed E-state index contributed by atoms with van der Waals surface area (Å²) in [7, 11) is 0. The minimum Gasteiger partial charge on any atom is -0.465 e. The van der Waals surface area contributed by atoms with Crippen molar-refractivity contribution in [1.82, 2.24) is 0 Å². The van der Waals surface area contributed by atoms with Crippen molar-refractivity contribution in [3.63, 3.8) is 0 Å². The molecule has 0 aliphatic carbocycles. The lowest BCUT2D eigenvalue weighted by Crippen LogP contribution is -2.39. The van der Waals surface area contributed by atoms with Gasteiger partial charge in [-0.2, -0.15) is 0 Å². The molecule has 0 aromatic carbocycles. The Kier molecular flexibility index (Phi) is 7.70. The van der Waals surface area contributed by atoms with Gasteiger partial charge in [-0.15, -0.1) is 0 Å². The van der Waals surface area contributed by atoms with Crippen molar-refractivity contribution in [1.29, 1.82) is 0 Å². The largest absolute Gasteiger partial charge is 0.465 e. The molecule has 0 saturated heterocycles. The van der Waals surface area contributed by atoms with Crippen LogP contribution in [0.25, 0.3) is 0 Å². The van der Waals surface area contributed by atoms with Crippen molar-refractivity contribution in [3.8, 4) is 0 Å². The van der Waals surface area contributed by atoms with Crippen LogP contribution in [0.1, 0.15) is 33.6 Å². The Balaban J connectivity index is 4.71. The van der Waals surface area contributed by atoms with Crippen LogP contribution >= 0.6 is 22.6 Å². The fraction of sp³-hybridized carbons (Fsp3) is 0.818. The molecule has 16 heavy (non-hydrogen) atoms. The minimum absolute atomic E-state index is 0.276. The molecular weight excluding hydrogens is 323 g/mol. The third-order valence-electron chi connectivity index (χ3n) is 2.26. The standard InChI is InChI=1S/C11H19IO4/c1-4-15-9(13)11(3,7-6-8-12)10(14)16-5-2/h4-8H2,1-3H3. The number of carbonyl (C=O) groups excluding carboxylic acids is 2. The predicted molar refractivity (Wildman–Crippen MR) is 69.5 cm³/mol. The van der Waals surface area contributed by atoms with Crippen molar-refractivity contribution in [2.75, 3.05) is 17.6 Å². The molecule has 0 rings (SSSR count). The lowest BCUT2D eigenvalue weighted by Gasteiger charge is -2.24. The molecular formula is C11H19IO4. The molecule has 0 aromatic heterocycles. The zero-order valence-corrected chi connectivity index (χ0v) is 12.2. The Hall–Kier alpha value is -0.330. The first-order valence-corrected chi connectivity index (χ1v) is 6.95.